The Balaban J connectivity index is 0.00000162. The van der Waals surface area contributed by atoms with Crippen LogP contribution in [0.5, 0.6) is 0 Å². The number of hydrogen-bond acceptors (Lipinski definition) is 4. The maximum absolute atomic E-state index is 11.9. The van der Waals surface area contributed by atoms with E-state index < -0.39 is 0 Å². The summed E-state index contributed by atoms with van der Waals surface area (Å²) in [7, 11) is 1.39. The Labute approximate surface area is 111 Å². The Morgan fingerprint density at radius 1 is 1.22 bits per heavy atom. The van der Waals surface area contributed by atoms with Gasteiger partial charge in [0.2, 0.25) is 0 Å². The topological polar surface area (TPSA) is 70.5 Å². The third kappa shape index (κ3) is 2.36. The van der Waals surface area contributed by atoms with Crippen molar-refractivity contribution < 1.29 is 14.3 Å². The standard InChI is InChI=1S/C12H12N2O3.ClH/c1-17-10(13)6-7-14-11(15)8-4-2-3-5-9(8)12(14)16;/h2-5,13H,6-7H2,1H3;1H. The smallest absolute Gasteiger partial charge is 0.261 e. The lowest BCUT2D eigenvalue weighted by molar-refractivity contribution is 0.0657. The number of ether oxygens (including phenoxy) is 1. The maximum atomic E-state index is 11.9. The van der Waals surface area contributed by atoms with Gasteiger partial charge in [-0.15, -0.1) is 12.4 Å². The van der Waals surface area contributed by atoms with Crippen LogP contribution in [0.3, 0.4) is 0 Å². The van der Waals surface area contributed by atoms with Crippen LogP contribution in [0.15, 0.2) is 24.3 Å². The van der Waals surface area contributed by atoms with Crippen molar-refractivity contribution >= 4 is 30.1 Å². The van der Waals surface area contributed by atoms with Gasteiger partial charge in [-0.1, -0.05) is 12.1 Å². The Morgan fingerprint density at radius 2 is 1.72 bits per heavy atom. The molecule has 0 atom stereocenters. The molecule has 0 aromatic heterocycles. The Kier molecular flexibility index (Phi) is 4.44. The number of rotatable bonds is 3. The van der Waals surface area contributed by atoms with Crippen LogP contribution in [0.2, 0.25) is 0 Å². The first-order valence-corrected chi connectivity index (χ1v) is 5.21. The zero-order valence-corrected chi connectivity index (χ0v) is 10.6. The second-order valence-corrected chi connectivity index (χ2v) is 3.68. The third-order valence-electron chi connectivity index (χ3n) is 2.69. The molecule has 2 amide bonds. The van der Waals surface area contributed by atoms with Crippen molar-refractivity contribution in [1.82, 2.24) is 4.90 Å². The number of carbonyl (C=O) groups excluding carboxylic acids is 2. The number of carbonyl (C=O) groups is 2. The van der Waals surface area contributed by atoms with Gasteiger partial charge in [-0.05, 0) is 12.1 Å². The number of methoxy groups -OCH3 is 1. The Morgan fingerprint density at radius 3 is 2.17 bits per heavy atom. The molecule has 5 nitrogen and oxygen atoms in total. The molecule has 1 aliphatic rings. The van der Waals surface area contributed by atoms with Gasteiger partial charge in [0, 0.05) is 13.0 Å². The Bertz CT molecular complexity index is 467. The number of halogens is 1. The molecule has 1 heterocycles. The lowest BCUT2D eigenvalue weighted by Crippen LogP contribution is -2.32. The van der Waals surface area contributed by atoms with Gasteiger partial charge in [-0.2, -0.15) is 0 Å². The predicted octanol–water partition coefficient (Wildman–Crippen LogP) is 1.72. The van der Waals surface area contributed by atoms with Crippen molar-refractivity contribution in [3.05, 3.63) is 35.4 Å². The molecule has 0 spiro atoms. The molecule has 1 aromatic rings. The average molecular weight is 269 g/mol. The van der Waals surface area contributed by atoms with Gasteiger partial charge < -0.3 is 4.74 Å². The summed E-state index contributed by atoms with van der Waals surface area (Å²) < 4.78 is 4.69. The molecule has 1 N–H and O–H groups in total. The summed E-state index contributed by atoms with van der Waals surface area (Å²) in [6.45, 7) is 0.180. The summed E-state index contributed by atoms with van der Waals surface area (Å²) in [6, 6.07) is 6.73. The minimum atomic E-state index is -0.297. The number of nitrogens with one attached hydrogen (secondary N) is 1. The predicted molar refractivity (Wildman–Crippen MR) is 68.4 cm³/mol. The average Bonchev–Trinajstić information content (AvgIpc) is 2.60. The lowest BCUT2D eigenvalue weighted by Gasteiger charge is -2.13. The van der Waals surface area contributed by atoms with E-state index in [1.165, 1.54) is 7.11 Å². The van der Waals surface area contributed by atoms with E-state index >= 15 is 0 Å². The van der Waals surface area contributed by atoms with Crippen LogP contribution in [-0.2, 0) is 4.74 Å². The summed E-state index contributed by atoms with van der Waals surface area (Å²) in [5.41, 5.74) is 0.864. The number of benzene rings is 1. The highest BCUT2D eigenvalue weighted by atomic mass is 35.5. The number of imide groups is 1. The second-order valence-electron chi connectivity index (χ2n) is 3.68. The molecule has 0 aliphatic carbocycles. The molecule has 0 fully saturated rings. The lowest BCUT2D eigenvalue weighted by atomic mass is 10.1. The van der Waals surface area contributed by atoms with E-state index in [2.05, 4.69) is 0 Å². The minimum absolute atomic E-state index is 0. The van der Waals surface area contributed by atoms with E-state index in [1.54, 1.807) is 24.3 Å². The largest absolute Gasteiger partial charge is 0.484 e. The van der Waals surface area contributed by atoms with Gasteiger partial charge in [0.25, 0.3) is 11.8 Å². The normalized spacial score (nSPS) is 13.1. The monoisotopic (exact) mass is 268 g/mol. The number of hydrogen-bond donors (Lipinski definition) is 1. The second kappa shape index (κ2) is 5.64. The van der Waals surface area contributed by atoms with E-state index in [1.807, 2.05) is 0 Å². The van der Waals surface area contributed by atoms with Crippen LogP contribution in [0.1, 0.15) is 27.1 Å². The summed E-state index contributed by atoms with van der Waals surface area (Å²) >= 11 is 0. The molecular weight excluding hydrogens is 256 g/mol. The van der Waals surface area contributed by atoms with Crippen LogP contribution in [-0.4, -0.2) is 36.3 Å². The molecule has 2 rings (SSSR count). The summed E-state index contributed by atoms with van der Waals surface area (Å²) in [5, 5.41) is 7.32. The molecule has 6 heteroatoms. The molecule has 1 aliphatic heterocycles. The molecule has 96 valence electrons. The molecular formula is C12H13ClN2O3. The molecule has 18 heavy (non-hydrogen) atoms. The van der Waals surface area contributed by atoms with Crippen LogP contribution < -0.4 is 0 Å². The molecule has 0 saturated carbocycles. The highest BCUT2D eigenvalue weighted by molar-refractivity contribution is 6.21. The van der Waals surface area contributed by atoms with Crippen molar-refractivity contribution in [2.24, 2.45) is 0 Å². The van der Waals surface area contributed by atoms with Crippen LogP contribution in [0.25, 0.3) is 0 Å². The van der Waals surface area contributed by atoms with E-state index in [9.17, 15) is 9.59 Å². The fourth-order valence-electron chi connectivity index (χ4n) is 1.76. The summed E-state index contributed by atoms with van der Waals surface area (Å²) in [5.74, 6) is -0.537. The van der Waals surface area contributed by atoms with E-state index in [0.29, 0.717) is 11.1 Å². The maximum Gasteiger partial charge on any atom is 0.261 e. The summed E-state index contributed by atoms with van der Waals surface area (Å²) in [6.07, 6.45) is 0.238. The minimum Gasteiger partial charge on any atom is -0.484 e. The van der Waals surface area contributed by atoms with E-state index in [0.717, 1.165) is 4.90 Å². The van der Waals surface area contributed by atoms with Crippen molar-refractivity contribution in [2.45, 2.75) is 6.42 Å². The van der Waals surface area contributed by atoms with Crippen molar-refractivity contribution in [3.63, 3.8) is 0 Å². The quantitative estimate of drug-likeness (QED) is 0.515. The fourth-order valence-corrected chi connectivity index (χ4v) is 1.76. The number of nitrogens with zero attached hydrogens (tertiary/aromatic N) is 1. The van der Waals surface area contributed by atoms with Gasteiger partial charge >= 0.3 is 0 Å². The molecule has 1 aromatic carbocycles. The number of amides is 2. The van der Waals surface area contributed by atoms with Gasteiger partial charge in [0.05, 0.1) is 18.2 Å². The summed E-state index contributed by atoms with van der Waals surface area (Å²) in [4.78, 5) is 25.0. The molecule has 0 saturated heterocycles. The van der Waals surface area contributed by atoms with Gasteiger partial charge in [-0.3, -0.25) is 19.9 Å². The zero-order valence-electron chi connectivity index (χ0n) is 9.80. The first-order chi connectivity index (χ1) is 8.15. The fraction of sp³-hybridized carbons (Fsp3) is 0.250. The van der Waals surface area contributed by atoms with Gasteiger partial charge in [0.15, 0.2) is 5.90 Å². The first kappa shape index (κ1) is 14.2. The highest BCUT2D eigenvalue weighted by Crippen LogP contribution is 2.22. The SMILES string of the molecule is COC(=N)CCN1C(=O)c2ccccc2C1=O.Cl. The molecule has 0 bridgehead atoms. The molecule has 0 unspecified atom stereocenters. The highest BCUT2D eigenvalue weighted by Gasteiger charge is 2.34. The number of fused-ring (bicyclic) bond motifs is 1. The van der Waals surface area contributed by atoms with Crippen molar-refractivity contribution in [2.75, 3.05) is 13.7 Å². The van der Waals surface area contributed by atoms with E-state index in [4.69, 9.17) is 10.1 Å². The zero-order chi connectivity index (χ0) is 12.4. The van der Waals surface area contributed by atoms with Crippen LogP contribution >= 0.6 is 12.4 Å². The van der Waals surface area contributed by atoms with Crippen LogP contribution in [0, 0.1) is 5.41 Å². The van der Waals surface area contributed by atoms with Crippen LogP contribution in [0.4, 0.5) is 0 Å². The Hall–Kier alpha value is -1.88. The molecule has 0 radical (unpaired) electrons. The first-order valence-electron chi connectivity index (χ1n) is 5.21. The van der Waals surface area contributed by atoms with E-state index in [-0.39, 0.29) is 43.1 Å². The van der Waals surface area contributed by atoms with Crippen molar-refractivity contribution in [3.8, 4) is 0 Å². The van der Waals surface area contributed by atoms with Gasteiger partial charge in [0.1, 0.15) is 0 Å². The van der Waals surface area contributed by atoms with Crippen molar-refractivity contribution in [1.29, 1.82) is 5.41 Å². The van der Waals surface area contributed by atoms with Gasteiger partial charge in [-0.25, -0.2) is 0 Å². The third-order valence-corrected chi connectivity index (χ3v) is 2.69.